The van der Waals surface area contributed by atoms with Crippen molar-refractivity contribution in [3.63, 3.8) is 0 Å². The molecule has 0 saturated carbocycles. The highest BCUT2D eigenvalue weighted by Crippen LogP contribution is 2.33. The number of hydrogen-bond acceptors (Lipinski definition) is 6. The number of rotatable bonds is 2. The van der Waals surface area contributed by atoms with Crippen LogP contribution < -0.4 is 5.73 Å². The number of nitrogens with two attached hydrogens (primary N) is 1. The highest BCUT2D eigenvalue weighted by molar-refractivity contribution is 9.10. The third-order valence-electron chi connectivity index (χ3n) is 2.15. The molecule has 0 amide bonds. The van der Waals surface area contributed by atoms with Crippen LogP contribution >= 0.6 is 39.0 Å². The van der Waals surface area contributed by atoms with Gasteiger partial charge in [0.1, 0.15) is 10.4 Å². The van der Waals surface area contributed by atoms with Crippen molar-refractivity contribution < 1.29 is 0 Å². The number of para-hydroxylation sites is 1. The Morgan fingerprint density at radius 2 is 2.00 bits per heavy atom. The maximum Gasteiger partial charge on any atom is 0.197 e. The summed E-state index contributed by atoms with van der Waals surface area (Å²) in [6.45, 7) is 0. The van der Waals surface area contributed by atoms with E-state index in [2.05, 4.69) is 30.9 Å². The highest BCUT2D eigenvalue weighted by atomic mass is 79.9. The van der Waals surface area contributed by atoms with Gasteiger partial charge >= 0.3 is 0 Å². The van der Waals surface area contributed by atoms with E-state index in [0.29, 0.717) is 15.6 Å². The number of benzene rings is 1. The van der Waals surface area contributed by atoms with Gasteiger partial charge in [0.2, 0.25) is 0 Å². The van der Waals surface area contributed by atoms with Crippen molar-refractivity contribution in [1.29, 1.82) is 0 Å². The molecule has 0 radical (unpaired) electrons. The number of nitrogens with zero attached hydrogens (tertiary/aromatic N) is 3. The molecular weight excluding hydrogens is 332 g/mol. The summed E-state index contributed by atoms with van der Waals surface area (Å²) in [5, 5.41) is 0.598. The number of thiazole rings is 1. The van der Waals surface area contributed by atoms with Gasteiger partial charge in [-0.25, -0.2) is 15.0 Å². The van der Waals surface area contributed by atoms with Gasteiger partial charge in [-0.15, -0.1) is 11.3 Å². The minimum Gasteiger partial charge on any atom is -0.384 e. The van der Waals surface area contributed by atoms with Crippen LogP contribution in [0.3, 0.4) is 0 Å². The summed E-state index contributed by atoms with van der Waals surface area (Å²) in [7, 11) is 0. The number of hydrogen-bond donors (Lipinski definition) is 1. The number of aromatic nitrogens is 3. The maximum absolute atomic E-state index is 5.68. The molecule has 4 nitrogen and oxygen atoms in total. The summed E-state index contributed by atoms with van der Waals surface area (Å²) in [6, 6.07) is 9.69. The van der Waals surface area contributed by atoms with Crippen molar-refractivity contribution in [2.24, 2.45) is 0 Å². The van der Waals surface area contributed by atoms with Gasteiger partial charge in [-0.05, 0) is 39.8 Å². The molecule has 0 aliphatic carbocycles. The van der Waals surface area contributed by atoms with Gasteiger partial charge in [0.15, 0.2) is 9.50 Å². The zero-order valence-electron chi connectivity index (χ0n) is 9.00. The van der Waals surface area contributed by atoms with Crippen molar-refractivity contribution in [2.75, 3.05) is 5.73 Å². The van der Waals surface area contributed by atoms with Crippen molar-refractivity contribution in [3.05, 3.63) is 34.9 Å². The first-order valence-corrected chi connectivity index (χ1v) is 7.47. The van der Waals surface area contributed by atoms with Gasteiger partial charge in [-0.3, -0.25) is 0 Å². The van der Waals surface area contributed by atoms with Crippen LogP contribution in [0.25, 0.3) is 10.2 Å². The van der Waals surface area contributed by atoms with E-state index in [1.807, 2.05) is 24.3 Å². The van der Waals surface area contributed by atoms with Gasteiger partial charge in [0.25, 0.3) is 0 Å². The fourth-order valence-corrected chi connectivity index (χ4v) is 3.90. The zero-order valence-corrected chi connectivity index (χ0v) is 12.2. The van der Waals surface area contributed by atoms with Crippen LogP contribution in [-0.4, -0.2) is 15.0 Å². The Bertz CT molecular complexity index is 660. The lowest BCUT2D eigenvalue weighted by molar-refractivity contribution is 0.956. The summed E-state index contributed by atoms with van der Waals surface area (Å²) in [5.41, 5.74) is 6.67. The Hall–Kier alpha value is -1.18. The molecule has 0 bridgehead atoms. The molecule has 7 heteroatoms. The minimum absolute atomic E-state index is 0.445. The zero-order chi connectivity index (χ0) is 12.5. The van der Waals surface area contributed by atoms with Gasteiger partial charge in [0.05, 0.1) is 10.2 Å². The van der Waals surface area contributed by atoms with Gasteiger partial charge < -0.3 is 5.73 Å². The minimum atomic E-state index is 0.445. The van der Waals surface area contributed by atoms with E-state index in [-0.39, 0.29) is 0 Å². The lowest BCUT2D eigenvalue weighted by atomic mass is 10.3. The van der Waals surface area contributed by atoms with Crippen LogP contribution in [0, 0.1) is 0 Å². The van der Waals surface area contributed by atoms with Crippen molar-refractivity contribution in [3.8, 4) is 0 Å². The van der Waals surface area contributed by atoms with E-state index in [0.717, 1.165) is 14.6 Å². The topological polar surface area (TPSA) is 64.7 Å². The van der Waals surface area contributed by atoms with Crippen molar-refractivity contribution >= 4 is 55.1 Å². The SMILES string of the molecule is Nc1cc(Br)nc(Sc2nc3ccccc3s2)n1. The van der Waals surface area contributed by atoms with Crippen LogP contribution in [0.5, 0.6) is 0 Å². The van der Waals surface area contributed by atoms with Crippen LogP contribution in [0.2, 0.25) is 0 Å². The summed E-state index contributed by atoms with van der Waals surface area (Å²) in [6.07, 6.45) is 0. The second-order valence-electron chi connectivity index (χ2n) is 3.45. The number of anilines is 1. The Morgan fingerprint density at radius 1 is 1.17 bits per heavy atom. The normalized spacial score (nSPS) is 10.9. The molecule has 90 valence electrons. The third kappa shape index (κ3) is 2.47. The molecule has 2 N–H and O–H groups in total. The van der Waals surface area contributed by atoms with E-state index >= 15 is 0 Å². The molecule has 0 atom stereocenters. The summed E-state index contributed by atoms with van der Waals surface area (Å²) < 4.78 is 2.75. The van der Waals surface area contributed by atoms with Gasteiger partial charge in [0, 0.05) is 6.07 Å². The smallest absolute Gasteiger partial charge is 0.197 e. The lowest BCUT2D eigenvalue weighted by Crippen LogP contribution is -1.94. The van der Waals surface area contributed by atoms with Gasteiger partial charge in [-0.2, -0.15) is 0 Å². The summed E-state index contributed by atoms with van der Waals surface area (Å²) in [5.74, 6) is 0.445. The fourth-order valence-electron chi connectivity index (χ4n) is 1.43. The molecule has 0 spiro atoms. The van der Waals surface area contributed by atoms with Crippen LogP contribution in [0.4, 0.5) is 5.82 Å². The Labute approximate surface area is 120 Å². The molecule has 3 aromatic rings. The second kappa shape index (κ2) is 4.83. The third-order valence-corrected chi connectivity index (χ3v) is 4.52. The highest BCUT2D eigenvalue weighted by Gasteiger charge is 2.08. The molecule has 0 unspecified atom stereocenters. The Morgan fingerprint density at radius 3 is 2.78 bits per heavy atom. The average Bonchev–Trinajstić information content (AvgIpc) is 2.69. The molecule has 0 fully saturated rings. The Kier molecular flexibility index (Phi) is 3.19. The lowest BCUT2D eigenvalue weighted by Gasteiger charge is -1.98. The van der Waals surface area contributed by atoms with E-state index in [9.17, 15) is 0 Å². The molecule has 18 heavy (non-hydrogen) atoms. The van der Waals surface area contributed by atoms with E-state index < -0.39 is 0 Å². The quantitative estimate of drug-likeness (QED) is 0.571. The molecule has 3 rings (SSSR count). The molecule has 1 aromatic carbocycles. The van der Waals surface area contributed by atoms with Crippen LogP contribution in [0.15, 0.2) is 44.4 Å². The number of nitrogen functional groups attached to an aromatic ring is 1. The molecule has 0 aliphatic heterocycles. The van der Waals surface area contributed by atoms with Crippen molar-refractivity contribution in [1.82, 2.24) is 15.0 Å². The van der Waals surface area contributed by atoms with E-state index in [1.54, 1.807) is 17.4 Å². The summed E-state index contributed by atoms with van der Waals surface area (Å²) in [4.78, 5) is 12.9. The molecule has 2 aromatic heterocycles. The number of halogens is 1. The van der Waals surface area contributed by atoms with Gasteiger partial charge in [-0.1, -0.05) is 12.1 Å². The number of fused-ring (bicyclic) bond motifs is 1. The fraction of sp³-hybridized carbons (Fsp3) is 0. The Balaban J connectivity index is 1.96. The first-order valence-electron chi connectivity index (χ1n) is 5.04. The van der Waals surface area contributed by atoms with Crippen LogP contribution in [0.1, 0.15) is 0 Å². The standard InChI is InChI=1S/C11H7BrN4S2/c12-8-5-9(13)16-10(15-8)18-11-14-6-3-1-2-4-7(6)17-11/h1-5H,(H2,13,15,16). The predicted octanol–water partition coefficient (Wildman–Crippen LogP) is 3.58. The second-order valence-corrected chi connectivity index (χ2v) is 6.51. The van der Waals surface area contributed by atoms with E-state index in [1.165, 1.54) is 11.8 Å². The van der Waals surface area contributed by atoms with E-state index in [4.69, 9.17) is 5.73 Å². The van der Waals surface area contributed by atoms with Crippen LogP contribution in [-0.2, 0) is 0 Å². The largest absolute Gasteiger partial charge is 0.384 e. The molecular formula is C11H7BrN4S2. The average molecular weight is 339 g/mol. The maximum atomic E-state index is 5.68. The predicted molar refractivity (Wildman–Crippen MR) is 77.9 cm³/mol. The molecule has 0 saturated heterocycles. The first-order chi connectivity index (χ1) is 8.70. The summed E-state index contributed by atoms with van der Waals surface area (Å²) >= 11 is 6.34. The molecule has 2 heterocycles. The first kappa shape index (κ1) is 11.9. The monoisotopic (exact) mass is 338 g/mol. The molecule has 0 aliphatic rings. The van der Waals surface area contributed by atoms with Crippen molar-refractivity contribution in [2.45, 2.75) is 9.50 Å².